The molecule has 0 aliphatic carbocycles. The second-order valence-corrected chi connectivity index (χ2v) is 10.7. The van der Waals surface area contributed by atoms with E-state index in [9.17, 15) is 40.3 Å². The van der Waals surface area contributed by atoms with Crippen LogP contribution >= 0.6 is 11.8 Å². The van der Waals surface area contributed by atoms with Gasteiger partial charge < -0.3 is 4.90 Å². The first-order valence-electron chi connectivity index (χ1n) is 12.0. The minimum atomic E-state index is -5.01. The zero-order valence-electron chi connectivity index (χ0n) is 20.8. The summed E-state index contributed by atoms with van der Waals surface area (Å²) >= 11 is 0.703. The highest BCUT2D eigenvalue weighted by atomic mass is 32.2. The number of benzene rings is 2. The van der Waals surface area contributed by atoms with Gasteiger partial charge in [0, 0.05) is 18.5 Å². The Labute approximate surface area is 227 Å². The number of hydrogen-bond acceptors (Lipinski definition) is 5. The van der Waals surface area contributed by atoms with Crippen LogP contribution in [-0.2, 0) is 23.7 Å². The summed E-state index contributed by atoms with van der Waals surface area (Å²) in [7, 11) is 1.76. The lowest BCUT2D eigenvalue weighted by Crippen LogP contribution is -2.52. The number of thioether (sulfide) groups is 1. The Bertz CT molecular complexity index is 1510. The predicted molar refractivity (Wildman–Crippen MR) is 134 cm³/mol. The number of piperidine rings is 1. The van der Waals surface area contributed by atoms with E-state index in [1.54, 1.807) is 30.1 Å². The van der Waals surface area contributed by atoms with Crippen molar-refractivity contribution >= 4 is 39.9 Å². The fourth-order valence-electron chi connectivity index (χ4n) is 4.89. The van der Waals surface area contributed by atoms with Crippen LogP contribution in [0.4, 0.5) is 35.5 Å². The van der Waals surface area contributed by atoms with Gasteiger partial charge in [0.05, 0.1) is 40.3 Å². The first-order valence-corrected chi connectivity index (χ1v) is 12.9. The highest BCUT2D eigenvalue weighted by Crippen LogP contribution is 2.39. The number of carbonyl (C=O) groups excluding carboxylic acids is 2. The van der Waals surface area contributed by atoms with Crippen LogP contribution in [0.1, 0.15) is 28.7 Å². The molecule has 3 aromatic rings. The Balaban J connectivity index is 1.39. The summed E-state index contributed by atoms with van der Waals surface area (Å²) in [6.45, 7) is 0.224. The number of rotatable bonds is 4. The number of fused-ring (bicyclic) bond motifs is 1. The van der Waals surface area contributed by atoms with Crippen molar-refractivity contribution in [3.8, 4) is 0 Å². The smallest absolute Gasteiger partial charge is 0.303 e. The number of halogens is 7. The van der Waals surface area contributed by atoms with Crippen molar-refractivity contribution in [1.29, 1.82) is 0 Å². The van der Waals surface area contributed by atoms with Crippen molar-refractivity contribution in [3.63, 3.8) is 0 Å². The number of alkyl halides is 7. The second-order valence-electron chi connectivity index (χ2n) is 9.67. The largest absolute Gasteiger partial charge is 0.416 e. The lowest BCUT2D eigenvalue weighted by atomic mass is 10.0. The third-order valence-electron chi connectivity index (χ3n) is 6.89. The molecule has 212 valence electrons. The third-order valence-corrected chi connectivity index (χ3v) is 7.78. The van der Waals surface area contributed by atoms with Gasteiger partial charge in [0.15, 0.2) is 0 Å². The number of amides is 2. The lowest BCUT2D eigenvalue weighted by molar-refractivity contribution is -0.143. The van der Waals surface area contributed by atoms with Gasteiger partial charge in [0.1, 0.15) is 6.17 Å². The van der Waals surface area contributed by atoms with Crippen LogP contribution in [0, 0.1) is 0 Å². The van der Waals surface area contributed by atoms with E-state index in [-0.39, 0.29) is 23.1 Å². The minimum Gasteiger partial charge on any atom is -0.303 e. The third kappa shape index (κ3) is 5.46. The quantitative estimate of drug-likeness (QED) is 0.269. The standard InChI is InChI=1S/C26H21F7N4O2S/c1-35-7-6-21(19(27)13-35)37-23(38)22(40-24(37)39)9-14-2-5-20-16(8-14)11-34-36(20)12-15-3-4-17(25(28,29)30)10-18(15)26(31,32)33/h2-5,8-11,19,21H,6-7,12-13H2,1H3/t19-,21?/m0/s1. The molecule has 3 heterocycles. The van der Waals surface area contributed by atoms with Gasteiger partial charge in [-0.25, -0.2) is 4.39 Å². The maximum atomic E-state index is 14.6. The van der Waals surface area contributed by atoms with Crippen molar-refractivity contribution in [2.75, 3.05) is 20.1 Å². The predicted octanol–water partition coefficient (Wildman–Crippen LogP) is 6.20. The first-order chi connectivity index (χ1) is 18.7. The van der Waals surface area contributed by atoms with Crippen LogP contribution in [-0.4, -0.2) is 63.1 Å². The summed E-state index contributed by atoms with van der Waals surface area (Å²) < 4.78 is 95.5. The Morgan fingerprint density at radius 1 is 1.05 bits per heavy atom. The average molecular weight is 587 g/mol. The highest BCUT2D eigenvalue weighted by molar-refractivity contribution is 8.18. The number of likely N-dealkylation sites (tertiary alicyclic amines) is 1. The number of nitrogens with zero attached hydrogens (tertiary/aromatic N) is 4. The first kappa shape index (κ1) is 28.1. The molecule has 1 unspecified atom stereocenters. The molecule has 0 bridgehead atoms. The van der Waals surface area contributed by atoms with Crippen molar-refractivity contribution in [2.45, 2.75) is 37.5 Å². The summed E-state index contributed by atoms with van der Waals surface area (Å²) in [5.74, 6) is -0.593. The van der Waals surface area contributed by atoms with Crippen molar-refractivity contribution < 1.29 is 40.3 Å². The summed E-state index contributed by atoms with van der Waals surface area (Å²) in [5.41, 5.74) is -2.28. The molecule has 0 saturated carbocycles. The fourth-order valence-corrected chi connectivity index (χ4v) is 5.77. The van der Waals surface area contributed by atoms with Crippen molar-refractivity contribution in [1.82, 2.24) is 19.6 Å². The lowest BCUT2D eigenvalue weighted by Gasteiger charge is -2.36. The molecule has 0 radical (unpaired) electrons. The SMILES string of the molecule is CN1CCC(N2C(=O)SC(=Cc3ccc4c(cnn4Cc4ccc(C(F)(F)F)cc4C(F)(F)F)c3)C2=O)[C@@H](F)C1. The molecule has 2 atom stereocenters. The molecule has 2 fully saturated rings. The molecule has 2 aliphatic rings. The van der Waals surface area contributed by atoms with E-state index in [4.69, 9.17) is 0 Å². The van der Waals surface area contributed by atoms with E-state index >= 15 is 0 Å². The Hall–Kier alpha value is -3.39. The minimum absolute atomic E-state index is 0.0862. The molecule has 14 heteroatoms. The normalized spacial score (nSPS) is 22.2. The molecule has 2 aromatic carbocycles. The molecule has 5 rings (SSSR count). The summed E-state index contributed by atoms with van der Waals surface area (Å²) in [5, 5.41) is 4.04. The van der Waals surface area contributed by atoms with Crippen molar-refractivity contribution in [2.24, 2.45) is 0 Å². The average Bonchev–Trinajstić information content (AvgIpc) is 3.37. The van der Waals surface area contributed by atoms with Gasteiger partial charge in [0.25, 0.3) is 11.1 Å². The van der Waals surface area contributed by atoms with Gasteiger partial charge in [-0.3, -0.25) is 19.2 Å². The molecule has 40 heavy (non-hydrogen) atoms. The van der Waals surface area contributed by atoms with Crippen LogP contribution < -0.4 is 0 Å². The molecule has 2 aliphatic heterocycles. The van der Waals surface area contributed by atoms with E-state index < -0.39 is 53.4 Å². The maximum absolute atomic E-state index is 14.6. The van der Waals surface area contributed by atoms with Crippen LogP contribution in [0.5, 0.6) is 0 Å². The Morgan fingerprint density at radius 2 is 1.80 bits per heavy atom. The van der Waals surface area contributed by atoms with E-state index in [0.29, 0.717) is 47.3 Å². The molecular formula is C26H21F7N4O2S. The van der Waals surface area contributed by atoms with Crippen LogP contribution in [0.25, 0.3) is 17.0 Å². The number of aromatic nitrogens is 2. The highest BCUT2D eigenvalue weighted by Gasteiger charge is 2.44. The van der Waals surface area contributed by atoms with Crippen LogP contribution in [0.2, 0.25) is 0 Å². The molecule has 0 spiro atoms. The summed E-state index contributed by atoms with van der Waals surface area (Å²) in [6, 6.07) is 5.35. The zero-order chi connectivity index (χ0) is 29.0. The van der Waals surface area contributed by atoms with Gasteiger partial charge >= 0.3 is 12.4 Å². The molecular weight excluding hydrogens is 565 g/mol. The van der Waals surface area contributed by atoms with Gasteiger partial charge in [0.2, 0.25) is 0 Å². The summed E-state index contributed by atoms with van der Waals surface area (Å²) in [6.07, 6.45) is -8.13. The van der Waals surface area contributed by atoms with E-state index in [0.717, 1.165) is 11.0 Å². The zero-order valence-corrected chi connectivity index (χ0v) is 21.6. The number of hydrogen-bond donors (Lipinski definition) is 0. The second kappa shape index (κ2) is 10.2. The Morgan fingerprint density at radius 3 is 2.48 bits per heavy atom. The van der Waals surface area contributed by atoms with E-state index in [1.807, 2.05) is 0 Å². The topological polar surface area (TPSA) is 58.4 Å². The van der Waals surface area contributed by atoms with Gasteiger partial charge in [-0.15, -0.1) is 0 Å². The number of imide groups is 1. The van der Waals surface area contributed by atoms with E-state index in [1.165, 1.54) is 17.0 Å². The molecule has 1 aromatic heterocycles. The molecule has 2 saturated heterocycles. The van der Waals surface area contributed by atoms with Crippen molar-refractivity contribution in [3.05, 3.63) is 69.8 Å². The van der Waals surface area contributed by atoms with E-state index in [2.05, 4.69) is 5.10 Å². The summed E-state index contributed by atoms with van der Waals surface area (Å²) in [4.78, 5) is 28.4. The van der Waals surface area contributed by atoms with Gasteiger partial charge in [-0.2, -0.15) is 31.4 Å². The van der Waals surface area contributed by atoms with Crippen LogP contribution in [0.3, 0.4) is 0 Å². The Kier molecular flexibility index (Phi) is 7.19. The fraction of sp³-hybridized carbons (Fsp3) is 0.346. The monoisotopic (exact) mass is 586 g/mol. The molecule has 0 N–H and O–H groups in total. The van der Waals surface area contributed by atoms with Gasteiger partial charge in [-0.1, -0.05) is 12.1 Å². The molecule has 6 nitrogen and oxygen atoms in total. The van der Waals surface area contributed by atoms with Gasteiger partial charge in [-0.05, 0) is 66.7 Å². The maximum Gasteiger partial charge on any atom is 0.416 e. The van der Waals surface area contributed by atoms with Crippen LogP contribution in [0.15, 0.2) is 47.5 Å². The molecule has 2 amide bonds. The number of carbonyl (C=O) groups is 2.